The van der Waals surface area contributed by atoms with Gasteiger partial charge < -0.3 is 9.84 Å². The van der Waals surface area contributed by atoms with Crippen molar-refractivity contribution in [3.8, 4) is 5.75 Å². The van der Waals surface area contributed by atoms with Crippen LogP contribution in [0.1, 0.15) is 19.3 Å². The fraction of sp³-hybridized carbons (Fsp3) is 0.462. The first-order valence-electron chi connectivity index (χ1n) is 6.33. The molecule has 0 amide bonds. The Hall–Kier alpha value is -1.60. The summed E-state index contributed by atoms with van der Waals surface area (Å²) in [5.41, 5.74) is 0. The van der Waals surface area contributed by atoms with Crippen LogP contribution in [0.4, 0.5) is 0 Å². The van der Waals surface area contributed by atoms with Gasteiger partial charge in [-0.3, -0.25) is 4.79 Å². The molecule has 110 valence electrons. The Morgan fingerprint density at radius 2 is 2.05 bits per heavy atom. The molecule has 1 heterocycles. The Kier molecular flexibility index (Phi) is 4.29. The van der Waals surface area contributed by atoms with Gasteiger partial charge in [0.25, 0.3) is 0 Å². The number of carbonyl (C=O) groups is 1. The Balaban J connectivity index is 2.26. The van der Waals surface area contributed by atoms with Gasteiger partial charge in [-0.1, -0.05) is 0 Å². The van der Waals surface area contributed by atoms with Crippen LogP contribution in [-0.2, 0) is 14.8 Å². The van der Waals surface area contributed by atoms with Gasteiger partial charge in [0.1, 0.15) is 5.75 Å². The largest absolute Gasteiger partial charge is 0.497 e. The number of hydrogen-bond acceptors (Lipinski definition) is 4. The van der Waals surface area contributed by atoms with E-state index in [4.69, 9.17) is 9.84 Å². The lowest BCUT2D eigenvalue weighted by Crippen LogP contribution is -2.36. The number of hydrogen-bond donors (Lipinski definition) is 1. The van der Waals surface area contributed by atoms with E-state index in [1.54, 1.807) is 12.1 Å². The number of methoxy groups -OCH3 is 1. The molecule has 0 saturated carbocycles. The summed E-state index contributed by atoms with van der Waals surface area (Å²) in [4.78, 5) is 11.0. The molecule has 1 N–H and O–H groups in total. The van der Waals surface area contributed by atoms with Crippen LogP contribution in [0.25, 0.3) is 0 Å². The summed E-state index contributed by atoms with van der Waals surface area (Å²) in [6, 6.07) is 5.65. The van der Waals surface area contributed by atoms with E-state index >= 15 is 0 Å². The molecule has 0 spiro atoms. The molecular formula is C13H17NO5S. The normalized spacial score (nSPS) is 19.9. The van der Waals surface area contributed by atoms with Crippen molar-refractivity contribution in [1.82, 2.24) is 4.31 Å². The van der Waals surface area contributed by atoms with Crippen LogP contribution >= 0.6 is 0 Å². The summed E-state index contributed by atoms with van der Waals surface area (Å²) in [6.45, 7) is 0.367. The molecule has 1 atom stereocenters. The number of carboxylic acid groups (broad SMARTS) is 1. The van der Waals surface area contributed by atoms with Gasteiger partial charge in [-0.25, -0.2) is 8.42 Å². The van der Waals surface area contributed by atoms with Crippen molar-refractivity contribution in [3.05, 3.63) is 24.3 Å². The van der Waals surface area contributed by atoms with Crippen molar-refractivity contribution in [3.63, 3.8) is 0 Å². The number of rotatable bonds is 5. The standard InChI is InChI=1S/C13H17NO5S/c1-19-11-4-6-12(7-5-11)20(17,18)14-8-2-3-10(14)9-13(15)16/h4-7,10H,2-3,8-9H2,1H3,(H,15,16). The third-order valence-corrected chi connectivity index (χ3v) is 5.37. The smallest absolute Gasteiger partial charge is 0.304 e. The molecule has 2 rings (SSSR count). The molecule has 0 bridgehead atoms. The zero-order chi connectivity index (χ0) is 14.8. The molecule has 1 fully saturated rings. The van der Waals surface area contributed by atoms with Crippen molar-refractivity contribution in [2.24, 2.45) is 0 Å². The number of carboxylic acids is 1. The summed E-state index contributed by atoms with van der Waals surface area (Å²) in [6.07, 6.45) is 1.12. The fourth-order valence-corrected chi connectivity index (χ4v) is 4.11. The van der Waals surface area contributed by atoms with Gasteiger partial charge in [0, 0.05) is 12.6 Å². The lowest BCUT2D eigenvalue weighted by molar-refractivity contribution is -0.137. The predicted molar refractivity (Wildman–Crippen MR) is 72.2 cm³/mol. The monoisotopic (exact) mass is 299 g/mol. The third-order valence-electron chi connectivity index (χ3n) is 3.40. The number of nitrogens with zero attached hydrogens (tertiary/aromatic N) is 1. The van der Waals surface area contributed by atoms with E-state index in [-0.39, 0.29) is 11.3 Å². The van der Waals surface area contributed by atoms with Crippen LogP contribution in [0.2, 0.25) is 0 Å². The molecule has 1 aliphatic rings. The zero-order valence-corrected chi connectivity index (χ0v) is 12.0. The quantitative estimate of drug-likeness (QED) is 0.886. The Labute approximate surface area is 118 Å². The van der Waals surface area contributed by atoms with Crippen molar-refractivity contribution in [2.75, 3.05) is 13.7 Å². The summed E-state index contributed by atoms with van der Waals surface area (Å²) >= 11 is 0. The molecule has 1 aliphatic heterocycles. The van der Waals surface area contributed by atoms with E-state index in [2.05, 4.69) is 0 Å². The van der Waals surface area contributed by atoms with Crippen LogP contribution in [0.3, 0.4) is 0 Å². The van der Waals surface area contributed by atoms with Crippen molar-refractivity contribution in [1.29, 1.82) is 0 Å². The molecule has 1 unspecified atom stereocenters. The topological polar surface area (TPSA) is 83.9 Å². The Morgan fingerprint density at radius 1 is 1.40 bits per heavy atom. The third kappa shape index (κ3) is 2.94. The van der Waals surface area contributed by atoms with Gasteiger partial charge in [-0.2, -0.15) is 4.31 Å². The van der Waals surface area contributed by atoms with Gasteiger partial charge in [-0.15, -0.1) is 0 Å². The van der Waals surface area contributed by atoms with Crippen LogP contribution in [0.5, 0.6) is 5.75 Å². The van der Waals surface area contributed by atoms with Crippen molar-refractivity contribution in [2.45, 2.75) is 30.2 Å². The molecule has 0 aromatic heterocycles. The van der Waals surface area contributed by atoms with Gasteiger partial charge in [0.15, 0.2) is 0 Å². The Bertz CT molecular complexity index is 581. The number of benzene rings is 1. The predicted octanol–water partition coefficient (Wildman–Crippen LogP) is 1.32. The molecule has 0 radical (unpaired) electrons. The van der Waals surface area contributed by atoms with Crippen LogP contribution < -0.4 is 4.74 Å². The molecule has 1 aromatic rings. The minimum Gasteiger partial charge on any atom is -0.497 e. The maximum atomic E-state index is 12.5. The summed E-state index contributed by atoms with van der Waals surface area (Å²) in [7, 11) is -2.14. The second kappa shape index (κ2) is 5.80. The zero-order valence-electron chi connectivity index (χ0n) is 11.2. The lowest BCUT2D eigenvalue weighted by Gasteiger charge is -2.22. The van der Waals surface area contributed by atoms with E-state index in [1.165, 1.54) is 23.5 Å². The molecule has 1 saturated heterocycles. The number of ether oxygens (including phenoxy) is 1. The highest BCUT2D eigenvalue weighted by Crippen LogP contribution is 2.28. The van der Waals surface area contributed by atoms with E-state index < -0.39 is 22.0 Å². The average molecular weight is 299 g/mol. The van der Waals surface area contributed by atoms with Crippen LogP contribution in [-0.4, -0.2) is 43.5 Å². The van der Waals surface area contributed by atoms with Crippen LogP contribution in [0, 0.1) is 0 Å². The highest BCUT2D eigenvalue weighted by atomic mass is 32.2. The maximum Gasteiger partial charge on any atom is 0.304 e. The minimum absolute atomic E-state index is 0.157. The van der Waals surface area contributed by atoms with E-state index in [1.807, 2.05) is 0 Å². The lowest BCUT2D eigenvalue weighted by atomic mass is 10.2. The summed E-state index contributed by atoms with van der Waals surface area (Å²) < 4.78 is 31.3. The summed E-state index contributed by atoms with van der Waals surface area (Å²) in [5, 5.41) is 8.86. The van der Waals surface area contributed by atoms with Gasteiger partial charge in [-0.05, 0) is 37.1 Å². The van der Waals surface area contributed by atoms with Crippen molar-refractivity contribution < 1.29 is 23.1 Å². The number of aliphatic carboxylic acids is 1. The highest BCUT2D eigenvalue weighted by molar-refractivity contribution is 7.89. The van der Waals surface area contributed by atoms with E-state index in [0.717, 1.165) is 0 Å². The second-order valence-corrected chi connectivity index (χ2v) is 6.58. The number of sulfonamides is 1. The highest BCUT2D eigenvalue weighted by Gasteiger charge is 2.36. The Morgan fingerprint density at radius 3 is 2.60 bits per heavy atom. The van der Waals surface area contributed by atoms with E-state index in [9.17, 15) is 13.2 Å². The molecule has 0 aliphatic carbocycles. The second-order valence-electron chi connectivity index (χ2n) is 4.69. The fourth-order valence-electron chi connectivity index (χ4n) is 2.41. The van der Waals surface area contributed by atoms with E-state index in [0.29, 0.717) is 25.1 Å². The minimum atomic E-state index is -3.64. The molecule has 20 heavy (non-hydrogen) atoms. The van der Waals surface area contributed by atoms with Gasteiger partial charge in [0.2, 0.25) is 10.0 Å². The maximum absolute atomic E-state index is 12.5. The summed E-state index contributed by atoms with van der Waals surface area (Å²) in [5.74, 6) is -0.403. The van der Waals surface area contributed by atoms with Gasteiger partial charge in [0.05, 0.1) is 18.4 Å². The SMILES string of the molecule is COc1ccc(S(=O)(=O)N2CCCC2CC(=O)O)cc1. The molecule has 6 nitrogen and oxygen atoms in total. The molecule has 7 heteroatoms. The van der Waals surface area contributed by atoms with Crippen molar-refractivity contribution >= 4 is 16.0 Å². The first-order valence-corrected chi connectivity index (χ1v) is 7.77. The first kappa shape index (κ1) is 14.8. The average Bonchev–Trinajstić information content (AvgIpc) is 2.87. The first-order chi connectivity index (χ1) is 9.45. The molecule has 1 aromatic carbocycles. The van der Waals surface area contributed by atoms with Gasteiger partial charge >= 0.3 is 5.97 Å². The van der Waals surface area contributed by atoms with Crippen LogP contribution in [0.15, 0.2) is 29.2 Å². The molecular weight excluding hydrogens is 282 g/mol.